The number of hydrogen-bond donors (Lipinski definition) is 1. The summed E-state index contributed by atoms with van der Waals surface area (Å²) in [6.45, 7) is 7.21. The van der Waals surface area contributed by atoms with E-state index in [1.165, 1.54) is 29.5 Å². The van der Waals surface area contributed by atoms with Gasteiger partial charge in [-0.1, -0.05) is 30.2 Å². The molecule has 1 aliphatic heterocycles. The molecular weight excluding hydrogens is 248 g/mol. The smallest absolute Gasteiger partial charge is 0.0589 e. The van der Waals surface area contributed by atoms with Crippen molar-refractivity contribution in [3.63, 3.8) is 0 Å². The van der Waals surface area contributed by atoms with Crippen molar-refractivity contribution in [3.8, 4) is 0 Å². The second-order valence-electron chi connectivity index (χ2n) is 5.99. The maximum Gasteiger partial charge on any atom is 0.0589 e. The van der Waals surface area contributed by atoms with Crippen molar-refractivity contribution in [1.29, 1.82) is 0 Å². The Bertz CT molecular complexity index is 433. The maximum absolute atomic E-state index is 6.51. The van der Waals surface area contributed by atoms with E-state index < -0.39 is 0 Å². The highest BCUT2D eigenvalue weighted by Crippen LogP contribution is 2.31. The molecule has 1 fully saturated rings. The molecule has 2 rings (SSSR count). The summed E-state index contributed by atoms with van der Waals surface area (Å²) >= 11 is 0. The Labute approximate surface area is 123 Å². The molecule has 1 aliphatic rings. The molecule has 3 nitrogen and oxygen atoms in total. The monoisotopic (exact) mass is 276 g/mol. The van der Waals surface area contributed by atoms with Crippen LogP contribution in [0.2, 0.25) is 0 Å². The lowest BCUT2D eigenvalue weighted by Crippen LogP contribution is -2.41. The van der Waals surface area contributed by atoms with Crippen LogP contribution in [0.15, 0.2) is 18.2 Å². The molecule has 2 atom stereocenters. The lowest BCUT2D eigenvalue weighted by molar-refractivity contribution is 0.114. The first-order valence-electron chi connectivity index (χ1n) is 7.69. The molecule has 112 valence electrons. The fourth-order valence-electron chi connectivity index (χ4n) is 3.23. The Kier molecular flexibility index (Phi) is 5.58. The first kappa shape index (κ1) is 15.5. The van der Waals surface area contributed by atoms with Crippen molar-refractivity contribution in [2.45, 2.75) is 45.2 Å². The summed E-state index contributed by atoms with van der Waals surface area (Å²) in [5.74, 6) is 0. The van der Waals surface area contributed by atoms with Gasteiger partial charge in [-0.2, -0.15) is 0 Å². The number of benzene rings is 1. The molecule has 2 N–H and O–H groups in total. The van der Waals surface area contributed by atoms with Crippen molar-refractivity contribution in [2.24, 2.45) is 5.73 Å². The molecule has 1 aromatic rings. The van der Waals surface area contributed by atoms with Gasteiger partial charge in [-0.15, -0.1) is 0 Å². The van der Waals surface area contributed by atoms with Crippen LogP contribution in [0.3, 0.4) is 0 Å². The van der Waals surface area contributed by atoms with Crippen LogP contribution in [-0.2, 0) is 4.74 Å². The third kappa shape index (κ3) is 3.60. The van der Waals surface area contributed by atoms with Gasteiger partial charge >= 0.3 is 0 Å². The minimum atomic E-state index is 0.217. The summed E-state index contributed by atoms with van der Waals surface area (Å²) in [4.78, 5) is 2.52. The quantitative estimate of drug-likeness (QED) is 0.919. The summed E-state index contributed by atoms with van der Waals surface area (Å²) in [7, 11) is 1.77. The molecule has 0 bridgehead atoms. The maximum atomic E-state index is 6.51. The van der Waals surface area contributed by atoms with Crippen molar-refractivity contribution in [2.75, 3.05) is 26.8 Å². The van der Waals surface area contributed by atoms with E-state index in [1.54, 1.807) is 7.11 Å². The zero-order chi connectivity index (χ0) is 14.5. The topological polar surface area (TPSA) is 38.5 Å². The number of rotatable bonds is 4. The van der Waals surface area contributed by atoms with Crippen LogP contribution in [0.4, 0.5) is 0 Å². The van der Waals surface area contributed by atoms with Gasteiger partial charge in [-0.25, -0.2) is 0 Å². The Morgan fingerprint density at radius 1 is 1.30 bits per heavy atom. The molecule has 3 heteroatoms. The van der Waals surface area contributed by atoms with Gasteiger partial charge in [0.1, 0.15) is 0 Å². The first-order valence-corrected chi connectivity index (χ1v) is 7.69. The summed E-state index contributed by atoms with van der Waals surface area (Å²) in [5.41, 5.74) is 10.6. The number of methoxy groups -OCH3 is 1. The van der Waals surface area contributed by atoms with E-state index in [4.69, 9.17) is 10.5 Å². The predicted octanol–water partition coefficient (Wildman–Crippen LogP) is 2.80. The van der Waals surface area contributed by atoms with Gasteiger partial charge in [0.05, 0.1) is 12.6 Å². The van der Waals surface area contributed by atoms with Crippen molar-refractivity contribution in [3.05, 3.63) is 34.9 Å². The summed E-state index contributed by atoms with van der Waals surface area (Å²) in [6, 6.07) is 7.25. The van der Waals surface area contributed by atoms with Crippen molar-refractivity contribution in [1.82, 2.24) is 4.90 Å². The van der Waals surface area contributed by atoms with Crippen LogP contribution < -0.4 is 5.73 Å². The summed E-state index contributed by atoms with van der Waals surface area (Å²) in [6.07, 6.45) is 3.58. The minimum Gasteiger partial charge on any atom is -0.383 e. The first-order chi connectivity index (χ1) is 9.63. The van der Waals surface area contributed by atoms with Gasteiger partial charge in [-0.05, 0) is 44.4 Å². The molecule has 0 aliphatic carbocycles. The second kappa shape index (κ2) is 7.21. The number of likely N-dealkylation sites (tertiary alicyclic amines) is 1. The van der Waals surface area contributed by atoms with Gasteiger partial charge in [0.15, 0.2) is 0 Å². The highest BCUT2D eigenvalue weighted by atomic mass is 16.5. The highest BCUT2D eigenvalue weighted by Gasteiger charge is 2.29. The number of nitrogens with zero attached hydrogens (tertiary/aromatic N) is 1. The van der Waals surface area contributed by atoms with Crippen LogP contribution in [0.1, 0.15) is 42.0 Å². The summed E-state index contributed by atoms with van der Waals surface area (Å²) in [5, 5.41) is 0. The lowest BCUT2D eigenvalue weighted by Gasteiger charge is -2.34. The van der Waals surface area contributed by atoms with Gasteiger partial charge in [0.2, 0.25) is 0 Å². The number of aryl methyl sites for hydroxylation is 2. The molecule has 2 unspecified atom stereocenters. The van der Waals surface area contributed by atoms with Gasteiger partial charge in [-0.3, -0.25) is 4.90 Å². The van der Waals surface area contributed by atoms with Gasteiger partial charge in [0, 0.05) is 19.7 Å². The summed E-state index contributed by atoms with van der Waals surface area (Å²) < 4.78 is 5.28. The molecular formula is C17H28N2O. The van der Waals surface area contributed by atoms with E-state index in [-0.39, 0.29) is 6.04 Å². The van der Waals surface area contributed by atoms with Crippen LogP contribution in [0.25, 0.3) is 0 Å². The van der Waals surface area contributed by atoms with Crippen LogP contribution in [0, 0.1) is 13.8 Å². The molecule has 1 saturated heterocycles. The van der Waals surface area contributed by atoms with E-state index in [0.29, 0.717) is 6.04 Å². The normalized spacial score (nSPS) is 24.6. The highest BCUT2D eigenvalue weighted by molar-refractivity contribution is 5.34. The largest absolute Gasteiger partial charge is 0.383 e. The molecule has 1 aromatic carbocycles. The molecule has 0 amide bonds. The Morgan fingerprint density at radius 2 is 2.10 bits per heavy atom. The average Bonchev–Trinajstić information content (AvgIpc) is 2.61. The van der Waals surface area contributed by atoms with E-state index in [9.17, 15) is 0 Å². The second-order valence-corrected chi connectivity index (χ2v) is 5.99. The Hall–Kier alpha value is -0.900. The zero-order valence-corrected chi connectivity index (χ0v) is 13.1. The van der Waals surface area contributed by atoms with Crippen LogP contribution >= 0.6 is 0 Å². The fourth-order valence-corrected chi connectivity index (χ4v) is 3.23. The molecule has 0 aromatic heterocycles. The lowest BCUT2D eigenvalue weighted by atomic mass is 9.91. The molecule has 20 heavy (non-hydrogen) atoms. The standard InChI is InChI=1S/C17H28N2O/c1-13-7-8-14(2)15(12-13)17-16(18)6-4-5-9-19(17)10-11-20-3/h7-8,12,16-17H,4-6,9-11,18H2,1-3H3. The van der Waals surface area contributed by atoms with Crippen LogP contribution in [0.5, 0.6) is 0 Å². The molecule has 0 radical (unpaired) electrons. The average molecular weight is 276 g/mol. The third-order valence-electron chi connectivity index (χ3n) is 4.37. The van der Waals surface area contributed by atoms with Crippen molar-refractivity contribution < 1.29 is 4.74 Å². The van der Waals surface area contributed by atoms with Crippen LogP contribution in [-0.4, -0.2) is 37.7 Å². The van der Waals surface area contributed by atoms with E-state index in [2.05, 4.69) is 36.9 Å². The van der Waals surface area contributed by atoms with Gasteiger partial charge < -0.3 is 10.5 Å². The zero-order valence-electron chi connectivity index (χ0n) is 13.1. The fraction of sp³-hybridized carbons (Fsp3) is 0.647. The predicted molar refractivity (Wildman–Crippen MR) is 83.9 cm³/mol. The van der Waals surface area contributed by atoms with E-state index in [1.807, 2.05) is 0 Å². The number of nitrogens with two attached hydrogens (primary N) is 1. The van der Waals surface area contributed by atoms with E-state index >= 15 is 0 Å². The Morgan fingerprint density at radius 3 is 2.85 bits per heavy atom. The Balaban J connectivity index is 2.31. The molecule has 0 saturated carbocycles. The van der Waals surface area contributed by atoms with Gasteiger partial charge in [0.25, 0.3) is 0 Å². The van der Waals surface area contributed by atoms with E-state index in [0.717, 1.165) is 26.1 Å². The molecule has 1 heterocycles. The minimum absolute atomic E-state index is 0.217. The molecule has 0 spiro atoms. The SMILES string of the molecule is COCCN1CCCCC(N)C1c1cc(C)ccc1C. The third-order valence-corrected chi connectivity index (χ3v) is 4.37. The number of ether oxygens (including phenoxy) is 1. The number of hydrogen-bond acceptors (Lipinski definition) is 3. The van der Waals surface area contributed by atoms with Crippen molar-refractivity contribution >= 4 is 0 Å².